The Morgan fingerprint density at radius 3 is 2.52 bits per heavy atom. The highest BCUT2D eigenvalue weighted by molar-refractivity contribution is 6.30. The first-order chi connectivity index (χ1) is 15.5. The van der Waals surface area contributed by atoms with Gasteiger partial charge in [-0.2, -0.15) is 13.2 Å². The number of benzene rings is 1. The molecule has 1 saturated heterocycles. The molecule has 2 fully saturated rings. The summed E-state index contributed by atoms with van der Waals surface area (Å²) in [7, 11) is 0. The molecular weight excluding hydrogens is 469 g/mol. The third-order valence-corrected chi connectivity index (χ3v) is 6.26. The van der Waals surface area contributed by atoms with E-state index in [0.717, 1.165) is 31.1 Å². The van der Waals surface area contributed by atoms with Crippen molar-refractivity contribution in [3.8, 4) is 0 Å². The van der Waals surface area contributed by atoms with Crippen molar-refractivity contribution in [2.75, 3.05) is 13.1 Å². The van der Waals surface area contributed by atoms with Gasteiger partial charge in [0.15, 0.2) is 5.67 Å². The molecule has 1 aromatic carbocycles. The van der Waals surface area contributed by atoms with Gasteiger partial charge in [0.25, 0.3) is 0 Å². The number of nitrogens with one attached hydrogen (secondary N) is 1. The number of nitrogens with zero attached hydrogens (tertiary/aromatic N) is 2. The van der Waals surface area contributed by atoms with Gasteiger partial charge in [-0.15, -0.1) is 0 Å². The van der Waals surface area contributed by atoms with Crippen molar-refractivity contribution in [2.45, 2.75) is 30.3 Å². The summed E-state index contributed by atoms with van der Waals surface area (Å²) in [6, 6.07) is 5.32. The minimum atomic E-state index is -4.95. The molecule has 1 N–H and O–H groups in total. The number of alkyl halides is 4. The summed E-state index contributed by atoms with van der Waals surface area (Å²) in [5.41, 5.74) is -2.87. The quantitative estimate of drug-likeness (QED) is 0.642. The molecule has 3 aliphatic rings. The number of hydroxylamine groups is 1. The first-order valence-corrected chi connectivity index (χ1v) is 10.5. The lowest BCUT2D eigenvalue weighted by Gasteiger charge is -2.44. The highest BCUT2D eigenvalue weighted by Crippen LogP contribution is 2.48. The summed E-state index contributed by atoms with van der Waals surface area (Å²) < 4.78 is 70.9. The molecule has 1 amide bonds. The van der Waals surface area contributed by atoms with Gasteiger partial charge in [0, 0.05) is 28.3 Å². The molecule has 1 atom stereocenters. The monoisotopic (exact) mass is 485 g/mol. The summed E-state index contributed by atoms with van der Waals surface area (Å²) in [5.74, 6) is -1.01. The summed E-state index contributed by atoms with van der Waals surface area (Å²) in [6.07, 6.45) is -1.31. The second-order valence-electron chi connectivity index (χ2n) is 8.52. The first kappa shape index (κ1) is 22.1. The van der Waals surface area contributed by atoms with E-state index in [0.29, 0.717) is 6.07 Å². The Kier molecular flexibility index (Phi) is 4.95. The Morgan fingerprint density at radius 1 is 1.21 bits per heavy atom. The number of amides is 1. The molecule has 1 unspecified atom stereocenters. The molecule has 1 aromatic heterocycles. The van der Waals surface area contributed by atoms with E-state index < -0.39 is 28.8 Å². The number of hydrogen-bond donors (Lipinski definition) is 1. The van der Waals surface area contributed by atoms with E-state index in [1.54, 1.807) is 0 Å². The van der Waals surface area contributed by atoms with Crippen molar-refractivity contribution in [3.05, 3.63) is 70.3 Å². The average molecular weight is 486 g/mol. The standard InChI is InChI=1S/C22H17ClF5N3O2/c23-15-5-14(6-16(24)7-15)21(22(26,27)28)8-17(30-33-21)13-3-4-18(29-9-13)20(25)10-31(11-20)19(32)12-1-2-12/h3-9,12,30H,1-2,10-11H2. The van der Waals surface area contributed by atoms with Crippen molar-refractivity contribution in [3.63, 3.8) is 0 Å². The maximum Gasteiger partial charge on any atom is 0.428 e. The van der Waals surface area contributed by atoms with Gasteiger partial charge in [-0.05, 0) is 49.2 Å². The summed E-state index contributed by atoms with van der Waals surface area (Å²) in [6.45, 7) is -0.202. The molecule has 1 aliphatic carbocycles. The van der Waals surface area contributed by atoms with Gasteiger partial charge in [0.2, 0.25) is 11.5 Å². The van der Waals surface area contributed by atoms with Crippen LogP contribution in [0.3, 0.4) is 0 Å². The summed E-state index contributed by atoms with van der Waals surface area (Å²) in [4.78, 5) is 22.5. The molecule has 5 rings (SSSR count). The highest BCUT2D eigenvalue weighted by Gasteiger charge is 2.60. The Labute approximate surface area is 190 Å². The third-order valence-electron chi connectivity index (χ3n) is 6.04. The molecule has 0 spiro atoms. The fourth-order valence-corrected chi connectivity index (χ4v) is 4.26. The van der Waals surface area contributed by atoms with E-state index in [1.165, 1.54) is 23.2 Å². The zero-order chi connectivity index (χ0) is 23.6. The number of likely N-dealkylation sites (tertiary alicyclic amines) is 1. The van der Waals surface area contributed by atoms with Crippen LogP contribution in [0.15, 0.2) is 42.6 Å². The Balaban J connectivity index is 1.40. The van der Waals surface area contributed by atoms with E-state index in [4.69, 9.17) is 16.4 Å². The number of hydrogen-bond acceptors (Lipinski definition) is 4. The van der Waals surface area contributed by atoms with Crippen molar-refractivity contribution >= 4 is 23.2 Å². The first-order valence-electron chi connectivity index (χ1n) is 10.2. The van der Waals surface area contributed by atoms with Crippen LogP contribution >= 0.6 is 11.6 Å². The van der Waals surface area contributed by atoms with Gasteiger partial charge in [0.1, 0.15) is 5.82 Å². The number of aromatic nitrogens is 1. The van der Waals surface area contributed by atoms with Crippen LogP contribution in [-0.4, -0.2) is 35.1 Å². The van der Waals surface area contributed by atoms with E-state index in [1.807, 2.05) is 0 Å². The predicted octanol–water partition coefficient (Wildman–Crippen LogP) is 4.62. The lowest BCUT2D eigenvalue weighted by molar-refractivity contribution is -0.269. The van der Waals surface area contributed by atoms with Crippen molar-refractivity contribution in [1.82, 2.24) is 15.4 Å². The van der Waals surface area contributed by atoms with Gasteiger partial charge in [0.05, 0.1) is 24.5 Å². The van der Waals surface area contributed by atoms with Crippen LogP contribution < -0.4 is 5.48 Å². The SMILES string of the molecule is O=C(C1CC1)N1CC(F)(c2ccc(C3=CC(c4cc(F)cc(Cl)c4)(C(F)(F)F)ON3)cn2)C1. The number of pyridine rings is 1. The molecule has 11 heteroatoms. The number of rotatable bonds is 4. The van der Waals surface area contributed by atoms with Crippen molar-refractivity contribution in [2.24, 2.45) is 5.92 Å². The molecule has 3 heterocycles. The van der Waals surface area contributed by atoms with Crippen molar-refractivity contribution in [1.29, 1.82) is 0 Å². The van der Waals surface area contributed by atoms with Gasteiger partial charge in [-0.25, -0.2) is 8.78 Å². The molecule has 1 saturated carbocycles. The summed E-state index contributed by atoms with van der Waals surface area (Å²) in [5, 5.41) is -0.215. The zero-order valence-electron chi connectivity index (χ0n) is 16.9. The minimum Gasteiger partial charge on any atom is -0.335 e. The fraction of sp³-hybridized carbons (Fsp3) is 0.364. The highest BCUT2D eigenvalue weighted by atomic mass is 35.5. The Bertz CT molecular complexity index is 1120. The summed E-state index contributed by atoms with van der Waals surface area (Å²) >= 11 is 5.75. The molecule has 0 bridgehead atoms. The Hall–Kier alpha value is -2.72. The van der Waals surface area contributed by atoms with Crippen LogP contribution in [0.5, 0.6) is 0 Å². The van der Waals surface area contributed by atoms with E-state index in [-0.39, 0.29) is 46.9 Å². The van der Waals surface area contributed by atoms with Gasteiger partial charge >= 0.3 is 6.18 Å². The number of carbonyl (C=O) groups excluding carboxylic acids is 1. The topological polar surface area (TPSA) is 54.5 Å². The number of halogens is 6. The maximum absolute atomic E-state index is 15.1. The molecule has 0 radical (unpaired) electrons. The normalized spacial score (nSPS) is 24.2. The minimum absolute atomic E-state index is 0.00728. The van der Waals surface area contributed by atoms with E-state index in [9.17, 15) is 22.4 Å². The number of carbonyl (C=O) groups is 1. The van der Waals surface area contributed by atoms with Crippen LogP contribution in [0.4, 0.5) is 22.0 Å². The van der Waals surface area contributed by atoms with Crippen LogP contribution in [0, 0.1) is 11.7 Å². The van der Waals surface area contributed by atoms with Crippen molar-refractivity contribution < 1.29 is 31.6 Å². The molecular formula is C22H17ClF5N3O2. The largest absolute Gasteiger partial charge is 0.428 e. The molecule has 2 aromatic rings. The van der Waals surface area contributed by atoms with Crippen LogP contribution in [0.2, 0.25) is 5.02 Å². The maximum atomic E-state index is 15.1. The van der Waals surface area contributed by atoms with Crippen LogP contribution in [0.1, 0.15) is 29.7 Å². The smallest absolute Gasteiger partial charge is 0.335 e. The molecule has 174 valence electrons. The van der Waals surface area contributed by atoms with Gasteiger partial charge < -0.3 is 4.90 Å². The Morgan fingerprint density at radius 2 is 1.94 bits per heavy atom. The average Bonchev–Trinajstić information content (AvgIpc) is 3.47. The third kappa shape index (κ3) is 3.74. The van der Waals surface area contributed by atoms with E-state index in [2.05, 4.69) is 10.5 Å². The lowest BCUT2D eigenvalue weighted by atomic mass is 9.90. The second kappa shape index (κ2) is 7.39. The zero-order valence-corrected chi connectivity index (χ0v) is 17.7. The van der Waals surface area contributed by atoms with E-state index >= 15 is 4.39 Å². The second-order valence-corrected chi connectivity index (χ2v) is 8.96. The fourth-order valence-electron chi connectivity index (χ4n) is 4.04. The molecule has 2 aliphatic heterocycles. The van der Waals surface area contributed by atoms with Crippen LogP contribution in [0.25, 0.3) is 5.70 Å². The van der Waals surface area contributed by atoms with Gasteiger partial charge in [-0.3, -0.25) is 20.1 Å². The predicted molar refractivity (Wildman–Crippen MR) is 108 cm³/mol. The molecule has 33 heavy (non-hydrogen) atoms. The lowest BCUT2D eigenvalue weighted by Crippen LogP contribution is -2.59. The molecule has 5 nitrogen and oxygen atoms in total. The van der Waals surface area contributed by atoms with Gasteiger partial charge in [-0.1, -0.05) is 11.6 Å². The van der Waals surface area contributed by atoms with Crippen LogP contribution in [-0.2, 0) is 20.9 Å².